The van der Waals surface area contributed by atoms with Crippen LogP contribution in [0.3, 0.4) is 0 Å². The van der Waals surface area contributed by atoms with Crippen molar-refractivity contribution in [2.45, 2.75) is 32.2 Å². The van der Waals surface area contributed by atoms with E-state index in [0.29, 0.717) is 19.0 Å². The van der Waals surface area contributed by atoms with Gasteiger partial charge in [0.05, 0.1) is 19.3 Å². The van der Waals surface area contributed by atoms with Gasteiger partial charge in [-0.15, -0.1) is 0 Å². The van der Waals surface area contributed by atoms with E-state index in [1.807, 2.05) is 0 Å². The first-order valence-electron chi connectivity index (χ1n) is 6.46. The summed E-state index contributed by atoms with van der Waals surface area (Å²) in [7, 11) is 0. The molecule has 1 fully saturated rings. The van der Waals surface area contributed by atoms with Crippen LogP contribution in [0.15, 0.2) is 0 Å². The highest BCUT2D eigenvalue weighted by Gasteiger charge is 2.28. The molecule has 1 amide bonds. The van der Waals surface area contributed by atoms with Crippen molar-refractivity contribution in [1.29, 1.82) is 0 Å². The van der Waals surface area contributed by atoms with Crippen LogP contribution in [0.4, 0.5) is 0 Å². The number of carbonyl (C=O) groups is 1. The molecule has 2 unspecified atom stereocenters. The van der Waals surface area contributed by atoms with Crippen molar-refractivity contribution >= 4 is 5.91 Å². The number of aliphatic hydroxyl groups is 2. The molecular formula is C12H24N2O3. The topological polar surface area (TPSA) is 72.8 Å². The molecule has 2 atom stereocenters. The van der Waals surface area contributed by atoms with Crippen LogP contribution in [0.1, 0.15) is 26.2 Å². The standard InChI is InChI=1S/C12H24N2O3/c1-2-10-3-4-13-11(9-10)12(17)14(5-7-15)6-8-16/h10-11,13,15-16H,2-9H2,1H3. The fraction of sp³-hybridized carbons (Fsp3) is 0.917. The summed E-state index contributed by atoms with van der Waals surface area (Å²) in [6, 6.07) is -0.146. The average Bonchev–Trinajstić information content (AvgIpc) is 2.38. The molecule has 0 aliphatic carbocycles. The quantitative estimate of drug-likeness (QED) is 0.593. The van der Waals surface area contributed by atoms with E-state index in [0.717, 1.165) is 25.8 Å². The summed E-state index contributed by atoms with van der Waals surface area (Å²) >= 11 is 0. The van der Waals surface area contributed by atoms with Crippen molar-refractivity contribution in [2.75, 3.05) is 32.8 Å². The second kappa shape index (κ2) is 7.63. The smallest absolute Gasteiger partial charge is 0.239 e. The van der Waals surface area contributed by atoms with Gasteiger partial charge in [0, 0.05) is 13.1 Å². The molecule has 0 spiro atoms. The second-order valence-corrected chi connectivity index (χ2v) is 4.58. The molecule has 0 radical (unpaired) electrons. The maximum Gasteiger partial charge on any atom is 0.239 e. The Morgan fingerprint density at radius 2 is 2.00 bits per heavy atom. The van der Waals surface area contributed by atoms with Gasteiger partial charge in [0.15, 0.2) is 0 Å². The highest BCUT2D eigenvalue weighted by atomic mass is 16.3. The monoisotopic (exact) mass is 244 g/mol. The molecular weight excluding hydrogens is 220 g/mol. The average molecular weight is 244 g/mol. The molecule has 0 aromatic rings. The van der Waals surface area contributed by atoms with Crippen molar-refractivity contribution in [3.05, 3.63) is 0 Å². The predicted octanol–water partition coefficient (Wildman–Crippen LogP) is -0.422. The minimum atomic E-state index is -0.146. The normalized spacial score (nSPS) is 24.6. The Morgan fingerprint density at radius 1 is 1.35 bits per heavy atom. The Bertz CT molecular complexity index is 230. The van der Waals surface area contributed by atoms with Gasteiger partial charge >= 0.3 is 0 Å². The van der Waals surface area contributed by atoms with E-state index in [9.17, 15) is 4.79 Å². The first-order valence-corrected chi connectivity index (χ1v) is 6.46. The van der Waals surface area contributed by atoms with E-state index in [-0.39, 0.29) is 25.2 Å². The third-order valence-electron chi connectivity index (χ3n) is 3.44. The van der Waals surface area contributed by atoms with Crippen LogP contribution in [-0.2, 0) is 4.79 Å². The van der Waals surface area contributed by atoms with Crippen LogP contribution in [0, 0.1) is 5.92 Å². The SMILES string of the molecule is CCC1CCNC(C(=O)N(CCO)CCO)C1. The van der Waals surface area contributed by atoms with Crippen molar-refractivity contribution in [1.82, 2.24) is 10.2 Å². The van der Waals surface area contributed by atoms with E-state index in [2.05, 4.69) is 12.2 Å². The molecule has 17 heavy (non-hydrogen) atoms. The summed E-state index contributed by atoms with van der Waals surface area (Å²) < 4.78 is 0. The summed E-state index contributed by atoms with van der Waals surface area (Å²) in [6.45, 7) is 3.51. The van der Waals surface area contributed by atoms with Crippen LogP contribution < -0.4 is 5.32 Å². The van der Waals surface area contributed by atoms with Crippen molar-refractivity contribution in [2.24, 2.45) is 5.92 Å². The van der Waals surface area contributed by atoms with Crippen LogP contribution in [0.2, 0.25) is 0 Å². The van der Waals surface area contributed by atoms with Crippen molar-refractivity contribution < 1.29 is 15.0 Å². The zero-order valence-electron chi connectivity index (χ0n) is 10.6. The minimum Gasteiger partial charge on any atom is -0.395 e. The lowest BCUT2D eigenvalue weighted by molar-refractivity contribution is -0.135. The first kappa shape index (κ1) is 14.4. The molecule has 0 aromatic carbocycles. The molecule has 0 aromatic heterocycles. The highest BCUT2D eigenvalue weighted by molar-refractivity contribution is 5.82. The van der Waals surface area contributed by atoms with Crippen LogP contribution in [0.5, 0.6) is 0 Å². The Kier molecular flexibility index (Phi) is 6.47. The highest BCUT2D eigenvalue weighted by Crippen LogP contribution is 2.20. The van der Waals surface area contributed by atoms with E-state index in [1.54, 1.807) is 0 Å². The number of nitrogens with zero attached hydrogens (tertiary/aromatic N) is 1. The Morgan fingerprint density at radius 3 is 2.53 bits per heavy atom. The van der Waals surface area contributed by atoms with Gasteiger partial charge in [-0.05, 0) is 25.3 Å². The number of nitrogens with one attached hydrogen (secondary N) is 1. The molecule has 1 aliphatic rings. The summed E-state index contributed by atoms with van der Waals surface area (Å²) in [5.74, 6) is 0.613. The molecule has 1 saturated heterocycles. The minimum absolute atomic E-state index is 0.00579. The number of amides is 1. The third kappa shape index (κ3) is 4.26. The number of rotatable bonds is 6. The first-order chi connectivity index (χ1) is 8.22. The molecule has 0 bridgehead atoms. The fourth-order valence-corrected chi connectivity index (χ4v) is 2.35. The van der Waals surface area contributed by atoms with Crippen LogP contribution >= 0.6 is 0 Å². The molecule has 5 nitrogen and oxygen atoms in total. The Hall–Kier alpha value is -0.650. The van der Waals surface area contributed by atoms with E-state index in [1.165, 1.54) is 4.90 Å². The summed E-state index contributed by atoms with van der Waals surface area (Å²) in [6.07, 6.45) is 3.09. The summed E-state index contributed by atoms with van der Waals surface area (Å²) in [5, 5.41) is 21.1. The molecule has 1 aliphatic heterocycles. The van der Waals surface area contributed by atoms with Gasteiger partial charge in [-0.2, -0.15) is 0 Å². The predicted molar refractivity (Wildman–Crippen MR) is 65.6 cm³/mol. The maximum absolute atomic E-state index is 12.2. The fourth-order valence-electron chi connectivity index (χ4n) is 2.35. The Labute approximate surface area is 103 Å². The van der Waals surface area contributed by atoms with E-state index in [4.69, 9.17) is 10.2 Å². The van der Waals surface area contributed by atoms with E-state index < -0.39 is 0 Å². The zero-order valence-corrected chi connectivity index (χ0v) is 10.6. The molecule has 0 saturated carbocycles. The van der Waals surface area contributed by atoms with Crippen molar-refractivity contribution in [3.63, 3.8) is 0 Å². The van der Waals surface area contributed by atoms with Gasteiger partial charge in [0.1, 0.15) is 0 Å². The van der Waals surface area contributed by atoms with Crippen LogP contribution in [-0.4, -0.2) is 59.9 Å². The van der Waals surface area contributed by atoms with Crippen LogP contribution in [0.25, 0.3) is 0 Å². The molecule has 3 N–H and O–H groups in total. The van der Waals surface area contributed by atoms with Gasteiger partial charge in [0.2, 0.25) is 5.91 Å². The second-order valence-electron chi connectivity index (χ2n) is 4.58. The van der Waals surface area contributed by atoms with Crippen molar-refractivity contribution in [3.8, 4) is 0 Å². The van der Waals surface area contributed by atoms with E-state index >= 15 is 0 Å². The number of carbonyl (C=O) groups excluding carboxylic acids is 1. The lowest BCUT2D eigenvalue weighted by Gasteiger charge is -2.32. The van der Waals surface area contributed by atoms with Gasteiger partial charge in [-0.25, -0.2) is 0 Å². The number of piperidine rings is 1. The van der Waals surface area contributed by atoms with Gasteiger partial charge in [-0.1, -0.05) is 13.3 Å². The number of hydrogen-bond acceptors (Lipinski definition) is 4. The molecule has 5 heteroatoms. The summed E-state index contributed by atoms with van der Waals surface area (Å²) in [5.41, 5.74) is 0. The zero-order chi connectivity index (χ0) is 12.7. The third-order valence-corrected chi connectivity index (χ3v) is 3.44. The van der Waals surface area contributed by atoms with Gasteiger partial charge < -0.3 is 20.4 Å². The molecule has 1 rings (SSSR count). The summed E-state index contributed by atoms with van der Waals surface area (Å²) in [4.78, 5) is 13.7. The lowest BCUT2D eigenvalue weighted by atomic mass is 9.90. The Balaban J connectivity index is 2.53. The largest absolute Gasteiger partial charge is 0.395 e. The molecule has 100 valence electrons. The van der Waals surface area contributed by atoms with Gasteiger partial charge in [0.25, 0.3) is 0 Å². The lowest BCUT2D eigenvalue weighted by Crippen LogP contribution is -2.51. The molecule has 1 heterocycles. The number of hydrogen-bond donors (Lipinski definition) is 3. The maximum atomic E-state index is 12.2. The van der Waals surface area contributed by atoms with Gasteiger partial charge in [-0.3, -0.25) is 4.79 Å². The number of aliphatic hydroxyl groups excluding tert-OH is 2.